The highest BCUT2D eigenvalue weighted by Crippen LogP contribution is 2.02. The minimum absolute atomic E-state index is 0.0778. The second kappa shape index (κ2) is 6.27. The van der Waals surface area contributed by atoms with Crippen molar-refractivity contribution >= 4 is 6.09 Å². The highest BCUT2D eigenvalue weighted by molar-refractivity contribution is 5.67. The van der Waals surface area contributed by atoms with Gasteiger partial charge in [-0.1, -0.05) is 0 Å². The van der Waals surface area contributed by atoms with Crippen LogP contribution < -0.4 is 5.32 Å². The molecule has 1 aromatic rings. The highest BCUT2D eigenvalue weighted by Gasteiger charge is 2.04. The van der Waals surface area contributed by atoms with Gasteiger partial charge >= 0.3 is 6.09 Å². The molecule has 96 valence electrons. The van der Waals surface area contributed by atoms with Crippen LogP contribution in [0.2, 0.25) is 0 Å². The molecular formula is C12H21N3O2. The van der Waals surface area contributed by atoms with Crippen molar-refractivity contribution < 1.29 is 9.53 Å². The summed E-state index contributed by atoms with van der Waals surface area (Å²) in [6, 6.07) is 2.04. The minimum atomic E-state index is -0.353. The first kappa shape index (κ1) is 13.5. The fraction of sp³-hybridized carbons (Fsp3) is 0.667. The molecule has 1 N–H and O–H groups in total. The fourth-order valence-corrected chi connectivity index (χ4v) is 1.58. The number of carbonyl (C=O) groups excluding carboxylic acids is 1. The number of nitrogens with zero attached hydrogens (tertiary/aromatic N) is 2. The maximum atomic E-state index is 11.2. The SMILES string of the molecule is Cc1cc(C)n(CCCNC(=O)OC(C)C)n1. The second-order valence-electron chi connectivity index (χ2n) is 4.38. The van der Waals surface area contributed by atoms with Gasteiger partial charge in [-0.3, -0.25) is 4.68 Å². The van der Waals surface area contributed by atoms with Gasteiger partial charge in [0.15, 0.2) is 0 Å². The molecule has 0 aliphatic rings. The molecule has 0 fully saturated rings. The van der Waals surface area contributed by atoms with Gasteiger partial charge in [-0.05, 0) is 40.2 Å². The molecule has 0 spiro atoms. The second-order valence-corrected chi connectivity index (χ2v) is 4.38. The Morgan fingerprint density at radius 1 is 1.53 bits per heavy atom. The zero-order valence-corrected chi connectivity index (χ0v) is 11.0. The number of nitrogens with one attached hydrogen (secondary N) is 1. The molecular weight excluding hydrogens is 218 g/mol. The van der Waals surface area contributed by atoms with Crippen molar-refractivity contribution in [3.63, 3.8) is 0 Å². The lowest BCUT2D eigenvalue weighted by atomic mass is 10.4. The third-order valence-electron chi connectivity index (χ3n) is 2.26. The van der Waals surface area contributed by atoms with Crippen molar-refractivity contribution in [3.8, 4) is 0 Å². The van der Waals surface area contributed by atoms with E-state index in [1.54, 1.807) is 0 Å². The molecule has 0 aliphatic heterocycles. The number of carbonyl (C=O) groups is 1. The van der Waals surface area contributed by atoms with Gasteiger partial charge in [0.2, 0.25) is 0 Å². The van der Waals surface area contributed by atoms with Gasteiger partial charge in [-0.2, -0.15) is 5.10 Å². The minimum Gasteiger partial charge on any atom is -0.447 e. The number of alkyl carbamates (subject to hydrolysis) is 1. The van der Waals surface area contributed by atoms with Crippen LogP contribution in [0.5, 0.6) is 0 Å². The number of amides is 1. The molecule has 0 saturated carbocycles. The molecule has 0 unspecified atom stereocenters. The van der Waals surface area contributed by atoms with Crippen LogP contribution >= 0.6 is 0 Å². The normalized spacial score (nSPS) is 10.6. The number of ether oxygens (including phenoxy) is 1. The van der Waals surface area contributed by atoms with Crippen LogP contribution in [0.4, 0.5) is 4.79 Å². The van der Waals surface area contributed by atoms with Crippen LogP contribution in [-0.2, 0) is 11.3 Å². The van der Waals surface area contributed by atoms with Gasteiger partial charge in [-0.25, -0.2) is 4.79 Å². The van der Waals surface area contributed by atoms with Crippen LogP contribution in [0.1, 0.15) is 31.7 Å². The molecule has 0 saturated heterocycles. The first-order valence-electron chi connectivity index (χ1n) is 5.94. The molecule has 0 atom stereocenters. The Morgan fingerprint density at radius 3 is 2.76 bits per heavy atom. The summed E-state index contributed by atoms with van der Waals surface area (Å²) >= 11 is 0. The molecule has 0 bridgehead atoms. The van der Waals surface area contributed by atoms with E-state index in [1.165, 1.54) is 0 Å². The third kappa shape index (κ3) is 4.89. The standard InChI is InChI=1S/C12H21N3O2/c1-9(2)17-12(16)13-6-5-7-15-11(4)8-10(3)14-15/h8-9H,5-7H2,1-4H3,(H,13,16). The smallest absolute Gasteiger partial charge is 0.407 e. The van der Waals surface area contributed by atoms with Crippen molar-refractivity contribution in [1.29, 1.82) is 0 Å². The van der Waals surface area contributed by atoms with Crippen molar-refractivity contribution in [2.75, 3.05) is 6.54 Å². The Hall–Kier alpha value is -1.52. The van der Waals surface area contributed by atoms with E-state index in [0.717, 1.165) is 24.4 Å². The zero-order chi connectivity index (χ0) is 12.8. The summed E-state index contributed by atoms with van der Waals surface area (Å²) in [5.74, 6) is 0. The summed E-state index contributed by atoms with van der Waals surface area (Å²) in [4.78, 5) is 11.2. The summed E-state index contributed by atoms with van der Waals surface area (Å²) in [6.07, 6.45) is 0.411. The number of aryl methyl sites for hydroxylation is 3. The third-order valence-corrected chi connectivity index (χ3v) is 2.26. The molecule has 17 heavy (non-hydrogen) atoms. The lowest BCUT2D eigenvalue weighted by Gasteiger charge is -2.09. The van der Waals surface area contributed by atoms with E-state index in [2.05, 4.69) is 10.4 Å². The van der Waals surface area contributed by atoms with Gasteiger partial charge in [0.1, 0.15) is 0 Å². The first-order valence-corrected chi connectivity index (χ1v) is 5.94. The van der Waals surface area contributed by atoms with Crippen molar-refractivity contribution in [2.45, 2.75) is 46.8 Å². The number of aromatic nitrogens is 2. The van der Waals surface area contributed by atoms with E-state index in [4.69, 9.17) is 4.74 Å². The number of hydrogen-bond acceptors (Lipinski definition) is 3. The average molecular weight is 239 g/mol. The molecule has 0 radical (unpaired) electrons. The average Bonchev–Trinajstić information content (AvgIpc) is 2.51. The fourth-order valence-electron chi connectivity index (χ4n) is 1.58. The van der Waals surface area contributed by atoms with Crippen LogP contribution in [0.25, 0.3) is 0 Å². The Kier molecular flexibility index (Phi) is 5.00. The van der Waals surface area contributed by atoms with Crippen molar-refractivity contribution in [1.82, 2.24) is 15.1 Å². The van der Waals surface area contributed by atoms with Crippen LogP contribution in [0, 0.1) is 13.8 Å². The van der Waals surface area contributed by atoms with Crippen LogP contribution in [-0.4, -0.2) is 28.5 Å². The molecule has 1 aromatic heterocycles. The Bertz CT molecular complexity index is 372. The lowest BCUT2D eigenvalue weighted by molar-refractivity contribution is 0.115. The largest absolute Gasteiger partial charge is 0.447 e. The molecule has 1 amide bonds. The lowest BCUT2D eigenvalue weighted by Crippen LogP contribution is -2.28. The highest BCUT2D eigenvalue weighted by atomic mass is 16.6. The summed E-state index contributed by atoms with van der Waals surface area (Å²) < 4.78 is 6.91. The van der Waals surface area contributed by atoms with Crippen molar-refractivity contribution in [2.24, 2.45) is 0 Å². The Morgan fingerprint density at radius 2 is 2.24 bits per heavy atom. The monoisotopic (exact) mass is 239 g/mol. The number of hydrogen-bond donors (Lipinski definition) is 1. The van der Waals surface area contributed by atoms with Gasteiger partial charge in [0.05, 0.1) is 11.8 Å². The van der Waals surface area contributed by atoms with E-state index < -0.39 is 0 Å². The molecule has 5 heteroatoms. The maximum Gasteiger partial charge on any atom is 0.407 e. The van der Waals surface area contributed by atoms with E-state index in [1.807, 2.05) is 38.4 Å². The van der Waals surface area contributed by atoms with E-state index in [0.29, 0.717) is 6.54 Å². The predicted molar refractivity (Wildman–Crippen MR) is 65.9 cm³/mol. The Balaban J connectivity index is 2.20. The molecule has 1 rings (SSSR count). The van der Waals surface area contributed by atoms with Gasteiger partial charge < -0.3 is 10.1 Å². The maximum absolute atomic E-state index is 11.2. The molecule has 5 nitrogen and oxygen atoms in total. The molecule has 0 aromatic carbocycles. The number of rotatable bonds is 5. The van der Waals surface area contributed by atoms with E-state index >= 15 is 0 Å². The van der Waals surface area contributed by atoms with Gasteiger partial charge in [-0.15, -0.1) is 0 Å². The van der Waals surface area contributed by atoms with Crippen LogP contribution in [0.15, 0.2) is 6.07 Å². The van der Waals surface area contributed by atoms with Crippen molar-refractivity contribution in [3.05, 3.63) is 17.5 Å². The van der Waals surface area contributed by atoms with Gasteiger partial charge in [0.25, 0.3) is 0 Å². The predicted octanol–water partition coefficient (Wildman–Crippen LogP) is 2.02. The van der Waals surface area contributed by atoms with Crippen LogP contribution in [0.3, 0.4) is 0 Å². The topological polar surface area (TPSA) is 56.2 Å². The summed E-state index contributed by atoms with van der Waals surface area (Å²) in [7, 11) is 0. The molecule has 0 aliphatic carbocycles. The molecule has 1 heterocycles. The zero-order valence-electron chi connectivity index (χ0n) is 11.0. The summed E-state index contributed by atoms with van der Waals surface area (Å²) in [5.41, 5.74) is 2.17. The van der Waals surface area contributed by atoms with E-state index in [9.17, 15) is 4.79 Å². The summed E-state index contributed by atoms with van der Waals surface area (Å²) in [5, 5.41) is 7.06. The first-order chi connectivity index (χ1) is 7.99. The summed E-state index contributed by atoms with van der Waals surface area (Å²) in [6.45, 7) is 9.07. The Labute approximate surface area is 102 Å². The van der Waals surface area contributed by atoms with Gasteiger partial charge in [0, 0.05) is 18.8 Å². The van der Waals surface area contributed by atoms with E-state index in [-0.39, 0.29) is 12.2 Å². The quantitative estimate of drug-likeness (QED) is 0.800.